The van der Waals surface area contributed by atoms with Crippen molar-refractivity contribution < 1.29 is 9.52 Å². The first-order valence-electron chi connectivity index (χ1n) is 5.21. The molecule has 0 radical (unpaired) electrons. The van der Waals surface area contributed by atoms with Gasteiger partial charge in [0.25, 0.3) is 0 Å². The van der Waals surface area contributed by atoms with Gasteiger partial charge in [0.1, 0.15) is 17.4 Å². The van der Waals surface area contributed by atoms with E-state index in [2.05, 4.69) is 9.59 Å². The minimum Gasteiger partial charge on any atom is -0.458 e. The number of aliphatic hydroxyl groups excluding tert-OH is 1. The van der Waals surface area contributed by atoms with E-state index in [1.54, 1.807) is 0 Å². The molecule has 1 N–H and O–H groups in total. The van der Waals surface area contributed by atoms with E-state index < -0.39 is 6.10 Å². The topological polar surface area (TPSA) is 59.2 Å². The van der Waals surface area contributed by atoms with E-state index >= 15 is 0 Å². The van der Waals surface area contributed by atoms with Crippen molar-refractivity contribution in [2.45, 2.75) is 13.0 Å². The van der Waals surface area contributed by atoms with Gasteiger partial charge in [-0.2, -0.15) is 0 Å². The molecule has 5 heteroatoms. The molecule has 0 aliphatic carbocycles. The summed E-state index contributed by atoms with van der Waals surface area (Å²) < 4.78 is 9.42. The standard InChI is InChI=1S/C12H10N2O2S/c1-7-12(17-14-13-7)11(15)10-6-8-4-2-3-5-9(8)16-10/h2-6,11,15H,1H3. The predicted octanol–water partition coefficient (Wildman–Crippen LogP) is 2.67. The van der Waals surface area contributed by atoms with Gasteiger partial charge in [0.2, 0.25) is 0 Å². The molecule has 0 spiro atoms. The molecule has 0 saturated carbocycles. The molecular formula is C12H10N2O2S. The monoisotopic (exact) mass is 246 g/mol. The number of para-hydroxylation sites is 1. The number of rotatable bonds is 2. The van der Waals surface area contributed by atoms with Crippen LogP contribution in [0.25, 0.3) is 11.0 Å². The van der Waals surface area contributed by atoms with Crippen molar-refractivity contribution in [3.05, 3.63) is 46.7 Å². The molecule has 0 fully saturated rings. The van der Waals surface area contributed by atoms with Gasteiger partial charge in [-0.3, -0.25) is 0 Å². The normalized spacial score (nSPS) is 13.1. The Labute approximate surface area is 102 Å². The number of nitrogens with zero attached hydrogens (tertiary/aromatic N) is 2. The Morgan fingerprint density at radius 3 is 2.88 bits per heavy atom. The maximum atomic E-state index is 10.2. The third-order valence-electron chi connectivity index (χ3n) is 2.65. The van der Waals surface area contributed by atoms with Crippen LogP contribution in [-0.2, 0) is 0 Å². The average Bonchev–Trinajstić information content (AvgIpc) is 2.93. The van der Waals surface area contributed by atoms with Crippen molar-refractivity contribution in [1.82, 2.24) is 9.59 Å². The van der Waals surface area contributed by atoms with E-state index in [9.17, 15) is 5.11 Å². The maximum absolute atomic E-state index is 10.2. The van der Waals surface area contributed by atoms with E-state index in [0.717, 1.165) is 21.5 Å². The third kappa shape index (κ3) is 1.73. The minimum absolute atomic E-state index is 0.528. The number of aliphatic hydroxyl groups is 1. The Kier molecular flexibility index (Phi) is 2.42. The molecule has 3 rings (SSSR count). The summed E-state index contributed by atoms with van der Waals surface area (Å²) in [7, 11) is 0. The third-order valence-corrected chi connectivity index (χ3v) is 3.53. The summed E-state index contributed by atoms with van der Waals surface area (Å²) in [5.41, 5.74) is 1.51. The van der Waals surface area contributed by atoms with Crippen LogP contribution in [0.15, 0.2) is 34.7 Å². The van der Waals surface area contributed by atoms with Gasteiger partial charge in [-0.15, -0.1) is 5.10 Å². The lowest BCUT2D eigenvalue weighted by molar-refractivity contribution is 0.195. The van der Waals surface area contributed by atoms with Gasteiger partial charge in [-0.25, -0.2) is 0 Å². The number of fused-ring (bicyclic) bond motifs is 1. The van der Waals surface area contributed by atoms with Crippen LogP contribution in [0.1, 0.15) is 22.4 Å². The van der Waals surface area contributed by atoms with Gasteiger partial charge in [-0.1, -0.05) is 22.7 Å². The van der Waals surface area contributed by atoms with E-state index in [1.807, 2.05) is 37.3 Å². The second kappa shape index (κ2) is 3.94. The van der Waals surface area contributed by atoms with Crippen LogP contribution >= 0.6 is 11.5 Å². The molecule has 86 valence electrons. The molecule has 0 saturated heterocycles. The Morgan fingerprint density at radius 1 is 1.35 bits per heavy atom. The highest BCUT2D eigenvalue weighted by Gasteiger charge is 2.20. The van der Waals surface area contributed by atoms with Gasteiger partial charge < -0.3 is 9.52 Å². The SMILES string of the molecule is Cc1nnsc1C(O)c1cc2ccccc2o1. The van der Waals surface area contributed by atoms with Crippen LogP contribution in [0, 0.1) is 6.92 Å². The molecular weight excluding hydrogens is 236 g/mol. The van der Waals surface area contributed by atoms with Gasteiger partial charge in [-0.05, 0) is 30.6 Å². The average molecular weight is 246 g/mol. The fourth-order valence-electron chi connectivity index (χ4n) is 1.76. The highest BCUT2D eigenvalue weighted by atomic mass is 32.1. The maximum Gasteiger partial charge on any atom is 0.149 e. The zero-order chi connectivity index (χ0) is 11.8. The Morgan fingerprint density at radius 2 is 2.18 bits per heavy atom. The summed E-state index contributed by atoms with van der Waals surface area (Å²) in [6.45, 7) is 1.82. The fourth-order valence-corrected chi connectivity index (χ4v) is 2.40. The van der Waals surface area contributed by atoms with Crippen LogP contribution in [0.5, 0.6) is 0 Å². The van der Waals surface area contributed by atoms with Gasteiger partial charge >= 0.3 is 0 Å². The number of furan rings is 1. The van der Waals surface area contributed by atoms with Crippen molar-refractivity contribution in [2.75, 3.05) is 0 Å². The molecule has 3 aromatic rings. The first-order chi connectivity index (χ1) is 8.25. The smallest absolute Gasteiger partial charge is 0.149 e. The zero-order valence-corrected chi connectivity index (χ0v) is 9.94. The van der Waals surface area contributed by atoms with Crippen molar-refractivity contribution in [1.29, 1.82) is 0 Å². The molecule has 17 heavy (non-hydrogen) atoms. The van der Waals surface area contributed by atoms with Crippen LogP contribution in [0.3, 0.4) is 0 Å². The highest BCUT2D eigenvalue weighted by Crippen LogP contribution is 2.30. The second-order valence-corrected chi connectivity index (χ2v) is 4.60. The van der Waals surface area contributed by atoms with Crippen molar-refractivity contribution in [3.63, 3.8) is 0 Å². The number of aromatic nitrogens is 2. The molecule has 2 heterocycles. The van der Waals surface area contributed by atoms with Crippen LogP contribution in [-0.4, -0.2) is 14.7 Å². The van der Waals surface area contributed by atoms with Crippen molar-refractivity contribution in [3.8, 4) is 0 Å². The summed E-state index contributed by atoms with van der Waals surface area (Å²) >= 11 is 1.19. The number of benzene rings is 1. The highest BCUT2D eigenvalue weighted by molar-refractivity contribution is 7.05. The molecule has 4 nitrogen and oxygen atoms in total. The molecule has 0 aliphatic rings. The summed E-state index contributed by atoms with van der Waals surface area (Å²) in [5, 5.41) is 15.1. The molecule has 1 unspecified atom stereocenters. The first kappa shape index (κ1) is 10.4. The van der Waals surface area contributed by atoms with E-state index in [4.69, 9.17) is 4.42 Å². The molecule has 2 aromatic heterocycles. The number of hydrogen-bond donors (Lipinski definition) is 1. The lowest BCUT2D eigenvalue weighted by Gasteiger charge is -2.03. The van der Waals surface area contributed by atoms with Gasteiger partial charge in [0.15, 0.2) is 0 Å². The lowest BCUT2D eigenvalue weighted by atomic mass is 10.2. The van der Waals surface area contributed by atoms with Crippen molar-refractivity contribution in [2.24, 2.45) is 0 Å². The summed E-state index contributed by atoms with van der Waals surface area (Å²) in [5.74, 6) is 0.528. The Balaban J connectivity index is 2.07. The van der Waals surface area contributed by atoms with Crippen LogP contribution < -0.4 is 0 Å². The minimum atomic E-state index is -0.789. The van der Waals surface area contributed by atoms with Crippen molar-refractivity contribution >= 4 is 22.5 Å². The van der Waals surface area contributed by atoms with E-state index in [0.29, 0.717) is 5.76 Å². The quantitative estimate of drug-likeness (QED) is 0.755. The van der Waals surface area contributed by atoms with Gasteiger partial charge in [0, 0.05) is 5.39 Å². The van der Waals surface area contributed by atoms with Crippen LogP contribution in [0.2, 0.25) is 0 Å². The number of hydrogen-bond acceptors (Lipinski definition) is 5. The molecule has 0 aliphatic heterocycles. The van der Waals surface area contributed by atoms with Crippen LogP contribution in [0.4, 0.5) is 0 Å². The molecule has 0 bridgehead atoms. The number of aryl methyl sites for hydroxylation is 1. The molecule has 0 amide bonds. The largest absolute Gasteiger partial charge is 0.458 e. The second-order valence-electron chi connectivity index (χ2n) is 3.81. The first-order valence-corrected chi connectivity index (χ1v) is 5.98. The molecule has 1 aromatic carbocycles. The zero-order valence-electron chi connectivity index (χ0n) is 9.12. The summed E-state index contributed by atoms with van der Waals surface area (Å²) in [6.07, 6.45) is -0.789. The lowest BCUT2D eigenvalue weighted by Crippen LogP contribution is -1.97. The van der Waals surface area contributed by atoms with Gasteiger partial charge in [0.05, 0.1) is 10.6 Å². The predicted molar refractivity (Wildman–Crippen MR) is 64.9 cm³/mol. The Hall–Kier alpha value is -1.72. The van der Waals surface area contributed by atoms with E-state index in [1.165, 1.54) is 11.5 Å². The summed E-state index contributed by atoms with van der Waals surface area (Å²) in [4.78, 5) is 0.726. The molecule has 1 atom stereocenters. The summed E-state index contributed by atoms with van der Waals surface area (Å²) in [6, 6.07) is 9.52. The Bertz CT molecular complexity index is 626. The van der Waals surface area contributed by atoms with E-state index in [-0.39, 0.29) is 0 Å². The fraction of sp³-hybridized carbons (Fsp3) is 0.167.